The number of hydrogen-bond donors (Lipinski definition) is 1. The first kappa shape index (κ1) is 16.2. The predicted molar refractivity (Wildman–Crippen MR) is 99.6 cm³/mol. The Labute approximate surface area is 156 Å². The molecule has 2 aromatic heterocycles. The molecule has 0 aromatic carbocycles. The van der Waals surface area contributed by atoms with Crippen molar-refractivity contribution in [3.05, 3.63) is 10.0 Å². The number of nitrogens with one attached hydrogen (secondary N) is 1. The molecule has 0 spiro atoms. The van der Waals surface area contributed by atoms with Crippen LogP contribution >= 0.6 is 22.6 Å². The van der Waals surface area contributed by atoms with Crippen LogP contribution < -0.4 is 4.48 Å². The van der Waals surface area contributed by atoms with Gasteiger partial charge in [-0.3, -0.25) is 0 Å². The van der Waals surface area contributed by atoms with E-state index in [0.717, 1.165) is 46.4 Å². The van der Waals surface area contributed by atoms with Crippen LogP contribution in [0.3, 0.4) is 0 Å². The topological polar surface area (TPSA) is 66.9 Å². The molecule has 1 saturated carbocycles. The molecule has 4 rings (SSSR count). The van der Waals surface area contributed by atoms with E-state index in [-0.39, 0.29) is 15.8 Å². The van der Waals surface area contributed by atoms with Gasteiger partial charge in [-0.25, -0.2) is 0 Å². The van der Waals surface area contributed by atoms with Gasteiger partial charge in [0.25, 0.3) is 0 Å². The molecule has 1 N–H and O–H groups in total. The molecular formula is C15H21AsIN5O. The Hall–Kier alpha value is -0.242. The zero-order valence-corrected chi connectivity index (χ0v) is 17.2. The third-order valence-electron chi connectivity index (χ3n) is 4.91. The van der Waals surface area contributed by atoms with E-state index in [1.165, 1.54) is 35.6 Å². The molecular weight excluding hydrogens is 468 g/mol. The third kappa shape index (κ3) is 3.57. The van der Waals surface area contributed by atoms with Crippen molar-refractivity contribution >= 4 is 53.9 Å². The van der Waals surface area contributed by atoms with Crippen molar-refractivity contribution in [1.29, 1.82) is 0 Å². The summed E-state index contributed by atoms with van der Waals surface area (Å²) < 4.78 is 8.63. The molecule has 0 amide bonds. The molecule has 1 aliphatic heterocycles. The van der Waals surface area contributed by atoms with Crippen LogP contribution in [-0.4, -0.2) is 73.2 Å². The number of halogens is 1. The Kier molecular flexibility index (Phi) is 5.18. The van der Waals surface area contributed by atoms with Crippen LogP contribution in [0.15, 0.2) is 6.33 Å². The molecule has 0 bridgehead atoms. The molecule has 3 heterocycles. The Morgan fingerprint density at radius 2 is 1.96 bits per heavy atom. The summed E-state index contributed by atoms with van der Waals surface area (Å²) in [4.78, 5) is 11.5. The van der Waals surface area contributed by atoms with Crippen molar-refractivity contribution in [2.24, 2.45) is 0 Å². The number of nitrogens with zero attached hydrogens (tertiary/aromatic N) is 4. The second-order valence-corrected chi connectivity index (χ2v) is 10.6. The second-order valence-electron chi connectivity index (χ2n) is 6.26. The van der Waals surface area contributed by atoms with Gasteiger partial charge >= 0.3 is 156 Å². The molecule has 1 aliphatic carbocycles. The number of morpholine rings is 1. The number of fused-ring (bicyclic) bond motifs is 1. The molecule has 2 aliphatic rings. The van der Waals surface area contributed by atoms with Gasteiger partial charge in [-0.15, -0.1) is 0 Å². The van der Waals surface area contributed by atoms with Crippen molar-refractivity contribution in [1.82, 2.24) is 25.1 Å². The van der Waals surface area contributed by atoms with Crippen LogP contribution in [0, 0.1) is 3.70 Å². The quantitative estimate of drug-likeness (QED) is 0.517. The van der Waals surface area contributed by atoms with Crippen LogP contribution in [0.2, 0.25) is 4.71 Å². The van der Waals surface area contributed by atoms with Crippen LogP contribution in [0.5, 0.6) is 0 Å². The van der Waals surface area contributed by atoms with Gasteiger partial charge in [-0.05, 0) is 0 Å². The first-order valence-electron chi connectivity index (χ1n) is 8.24. The standard InChI is InChI=1S/C15H21AsIN5O/c17-14-12-13(18-9-19-15(12)21-20-14)16-10-1-3-11(4-2-10)22-5-7-23-8-6-22/h9-11,16H,1-8H2,(H,18,19,20,21). The number of aromatic amines is 1. The molecule has 2 fully saturated rings. The Bertz CT molecular complexity index is 667. The number of rotatable bonds is 3. The number of hydrogen-bond acceptors (Lipinski definition) is 5. The molecule has 124 valence electrons. The second kappa shape index (κ2) is 7.33. The monoisotopic (exact) mass is 489 g/mol. The first-order chi connectivity index (χ1) is 11.3. The molecule has 1 atom stereocenters. The van der Waals surface area contributed by atoms with Crippen molar-refractivity contribution in [2.45, 2.75) is 36.4 Å². The normalized spacial score (nSPS) is 27.2. The van der Waals surface area contributed by atoms with E-state index in [1.54, 1.807) is 6.33 Å². The summed E-state index contributed by atoms with van der Waals surface area (Å²) in [5.74, 6) is 0. The van der Waals surface area contributed by atoms with Crippen molar-refractivity contribution < 1.29 is 4.74 Å². The average Bonchev–Trinajstić information content (AvgIpc) is 2.99. The number of ether oxygens (including phenoxy) is 1. The molecule has 1 saturated heterocycles. The summed E-state index contributed by atoms with van der Waals surface area (Å²) in [6, 6.07) is 0.779. The van der Waals surface area contributed by atoms with E-state index >= 15 is 0 Å². The summed E-state index contributed by atoms with van der Waals surface area (Å²) in [7, 11) is 0. The minimum atomic E-state index is -0.239. The molecule has 0 radical (unpaired) electrons. The fourth-order valence-electron chi connectivity index (χ4n) is 3.65. The molecule has 8 heteroatoms. The molecule has 1 unspecified atom stereocenters. The summed E-state index contributed by atoms with van der Waals surface area (Å²) >= 11 is 2.05. The van der Waals surface area contributed by atoms with Gasteiger partial charge in [-0.1, -0.05) is 0 Å². The van der Waals surface area contributed by atoms with Crippen LogP contribution in [0.1, 0.15) is 25.7 Å². The van der Waals surface area contributed by atoms with Crippen molar-refractivity contribution in [3.63, 3.8) is 0 Å². The summed E-state index contributed by atoms with van der Waals surface area (Å²) in [5, 5.41) is 8.46. The Balaban J connectivity index is 1.40. The van der Waals surface area contributed by atoms with Gasteiger partial charge in [0, 0.05) is 0 Å². The van der Waals surface area contributed by atoms with Crippen LogP contribution in [-0.2, 0) is 4.74 Å². The Morgan fingerprint density at radius 1 is 1.17 bits per heavy atom. The van der Waals surface area contributed by atoms with Crippen molar-refractivity contribution in [2.75, 3.05) is 26.3 Å². The van der Waals surface area contributed by atoms with E-state index in [9.17, 15) is 0 Å². The first-order valence-corrected chi connectivity index (χ1v) is 11.6. The van der Waals surface area contributed by atoms with Gasteiger partial charge in [0.15, 0.2) is 0 Å². The fraction of sp³-hybridized carbons (Fsp3) is 0.667. The van der Waals surface area contributed by atoms with Gasteiger partial charge in [0.1, 0.15) is 0 Å². The van der Waals surface area contributed by atoms with E-state index in [1.807, 2.05) is 0 Å². The molecule has 23 heavy (non-hydrogen) atoms. The van der Waals surface area contributed by atoms with Gasteiger partial charge in [0.05, 0.1) is 0 Å². The van der Waals surface area contributed by atoms with Gasteiger partial charge in [-0.2, -0.15) is 0 Å². The van der Waals surface area contributed by atoms with E-state index < -0.39 is 0 Å². The maximum absolute atomic E-state index is 5.48. The summed E-state index contributed by atoms with van der Waals surface area (Å²) in [5.41, 5.74) is 0.894. The van der Waals surface area contributed by atoms with E-state index in [0.29, 0.717) is 0 Å². The number of aromatic nitrogens is 4. The van der Waals surface area contributed by atoms with Crippen molar-refractivity contribution in [3.8, 4) is 0 Å². The average molecular weight is 489 g/mol. The SMILES string of the molecule is Ic1n[nH]c2ncnc([AsH]C3CCC(N4CCOCC4)CC3)c12. The molecule has 6 nitrogen and oxygen atoms in total. The summed E-state index contributed by atoms with van der Waals surface area (Å²) in [6.45, 7) is 4.05. The summed E-state index contributed by atoms with van der Waals surface area (Å²) in [6.07, 6.45) is 7.06. The van der Waals surface area contributed by atoms with Gasteiger partial charge < -0.3 is 0 Å². The van der Waals surface area contributed by atoms with E-state index in [2.05, 4.69) is 47.7 Å². The maximum atomic E-state index is 5.48. The third-order valence-corrected chi connectivity index (χ3v) is 9.13. The number of H-pyrrole nitrogens is 1. The van der Waals surface area contributed by atoms with Crippen LogP contribution in [0.4, 0.5) is 0 Å². The predicted octanol–water partition coefficient (Wildman–Crippen LogP) is 1.08. The van der Waals surface area contributed by atoms with E-state index in [4.69, 9.17) is 4.74 Å². The van der Waals surface area contributed by atoms with Crippen LogP contribution in [0.25, 0.3) is 11.0 Å². The molecule has 2 aromatic rings. The minimum absolute atomic E-state index is 0.239. The Morgan fingerprint density at radius 3 is 2.74 bits per heavy atom. The zero-order chi connectivity index (χ0) is 15.6. The fourth-order valence-corrected chi connectivity index (χ4v) is 8.01. The zero-order valence-electron chi connectivity index (χ0n) is 13.0. The van der Waals surface area contributed by atoms with Gasteiger partial charge in [0.2, 0.25) is 0 Å².